The molecule has 4 heteroatoms. The Bertz CT molecular complexity index is 495. The molecule has 0 saturated carbocycles. The van der Waals surface area contributed by atoms with Gasteiger partial charge in [0.2, 0.25) is 0 Å². The summed E-state index contributed by atoms with van der Waals surface area (Å²) in [5, 5.41) is 6.47. The molecule has 18 heavy (non-hydrogen) atoms. The van der Waals surface area contributed by atoms with Crippen molar-refractivity contribution in [3.63, 3.8) is 0 Å². The van der Waals surface area contributed by atoms with Gasteiger partial charge < -0.3 is 5.32 Å². The largest absolute Gasteiger partial charge is 0.306 e. The molecule has 1 nitrogen and oxygen atoms in total. The predicted octanol–water partition coefficient (Wildman–Crippen LogP) is 5.10. The second-order valence-corrected chi connectivity index (χ2v) is 6.67. The Morgan fingerprint density at radius 2 is 2.00 bits per heavy atom. The van der Waals surface area contributed by atoms with Crippen LogP contribution in [0.1, 0.15) is 29.8 Å². The van der Waals surface area contributed by atoms with Crippen LogP contribution in [-0.2, 0) is 0 Å². The van der Waals surface area contributed by atoms with Crippen LogP contribution in [0.25, 0.3) is 0 Å². The molecule has 0 saturated heterocycles. The normalized spacial score (nSPS) is 12.6. The number of halogens is 2. The lowest BCUT2D eigenvalue weighted by Crippen LogP contribution is -2.22. The lowest BCUT2D eigenvalue weighted by atomic mass is 10.1. The fourth-order valence-electron chi connectivity index (χ4n) is 1.82. The van der Waals surface area contributed by atoms with Gasteiger partial charge in [-0.05, 0) is 64.7 Å². The SMILES string of the molecule is CCCNC(c1ccc(I)cc1)c1sccc1Cl. The molecule has 0 amide bonds. The molecule has 0 bridgehead atoms. The number of thiophene rings is 1. The Hall–Kier alpha value is -0.100. The maximum atomic E-state index is 6.26. The van der Waals surface area contributed by atoms with E-state index in [1.54, 1.807) is 11.3 Å². The summed E-state index contributed by atoms with van der Waals surface area (Å²) in [6, 6.07) is 10.8. The molecule has 1 atom stereocenters. The third kappa shape index (κ3) is 3.47. The zero-order valence-corrected chi connectivity index (χ0v) is 13.8. The Kier molecular flexibility index (Phi) is 5.48. The molecule has 0 radical (unpaired) electrons. The summed E-state index contributed by atoms with van der Waals surface area (Å²) in [5.74, 6) is 0. The number of nitrogens with one attached hydrogen (secondary N) is 1. The van der Waals surface area contributed by atoms with Crippen LogP contribution >= 0.6 is 45.5 Å². The van der Waals surface area contributed by atoms with Crippen molar-refractivity contribution in [3.8, 4) is 0 Å². The van der Waals surface area contributed by atoms with Gasteiger partial charge in [-0.1, -0.05) is 30.7 Å². The fraction of sp³-hybridized carbons (Fsp3) is 0.286. The monoisotopic (exact) mass is 391 g/mol. The maximum absolute atomic E-state index is 6.26. The summed E-state index contributed by atoms with van der Waals surface area (Å²) in [7, 11) is 0. The van der Waals surface area contributed by atoms with Gasteiger partial charge in [0.1, 0.15) is 0 Å². The first-order valence-corrected chi connectivity index (χ1v) is 8.27. The van der Waals surface area contributed by atoms with Gasteiger partial charge in [-0.3, -0.25) is 0 Å². The molecule has 2 aromatic rings. The van der Waals surface area contributed by atoms with E-state index in [2.05, 4.69) is 59.1 Å². The number of hydrogen-bond donors (Lipinski definition) is 1. The first kappa shape index (κ1) is 14.3. The molecule has 96 valence electrons. The molecule has 1 aromatic carbocycles. The third-order valence-corrected chi connectivity index (χ3v) is 4.85. The van der Waals surface area contributed by atoms with E-state index in [0.717, 1.165) is 18.0 Å². The van der Waals surface area contributed by atoms with E-state index in [9.17, 15) is 0 Å². The Morgan fingerprint density at radius 1 is 1.28 bits per heavy atom. The minimum absolute atomic E-state index is 0.203. The summed E-state index contributed by atoms with van der Waals surface area (Å²) in [5.41, 5.74) is 1.27. The van der Waals surface area contributed by atoms with Crippen molar-refractivity contribution in [3.05, 3.63) is 54.7 Å². The smallest absolute Gasteiger partial charge is 0.0686 e. The fourth-order valence-corrected chi connectivity index (χ4v) is 3.44. The number of benzene rings is 1. The molecule has 0 fully saturated rings. The first-order chi connectivity index (χ1) is 8.72. The van der Waals surface area contributed by atoms with Crippen LogP contribution in [-0.4, -0.2) is 6.54 Å². The van der Waals surface area contributed by atoms with Gasteiger partial charge in [0, 0.05) is 8.45 Å². The van der Waals surface area contributed by atoms with Crippen LogP contribution in [0.5, 0.6) is 0 Å². The molecule has 0 aliphatic heterocycles. The van der Waals surface area contributed by atoms with Gasteiger partial charge in [0.05, 0.1) is 11.1 Å². The van der Waals surface area contributed by atoms with Crippen LogP contribution < -0.4 is 5.32 Å². The molecule has 2 rings (SSSR count). The Labute approximate surface area is 131 Å². The molecule has 0 spiro atoms. The number of hydrogen-bond acceptors (Lipinski definition) is 2. The van der Waals surface area contributed by atoms with Crippen molar-refractivity contribution in [1.29, 1.82) is 0 Å². The summed E-state index contributed by atoms with van der Waals surface area (Å²) in [6.07, 6.45) is 1.11. The van der Waals surface area contributed by atoms with E-state index >= 15 is 0 Å². The van der Waals surface area contributed by atoms with Gasteiger partial charge in [-0.2, -0.15) is 0 Å². The summed E-state index contributed by atoms with van der Waals surface area (Å²) in [6.45, 7) is 3.17. The van der Waals surface area contributed by atoms with E-state index in [1.807, 2.05) is 11.4 Å². The van der Waals surface area contributed by atoms with Crippen molar-refractivity contribution in [2.75, 3.05) is 6.54 Å². The minimum atomic E-state index is 0.203. The summed E-state index contributed by atoms with van der Waals surface area (Å²) >= 11 is 10.3. The Balaban J connectivity index is 2.30. The van der Waals surface area contributed by atoms with Crippen molar-refractivity contribution in [2.45, 2.75) is 19.4 Å². The molecule has 0 aliphatic carbocycles. The third-order valence-electron chi connectivity index (χ3n) is 2.71. The predicted molar refractivity (Wildman–Crippen MR) is 88.6 cm³/mol. The lowest BCUT2D eigenvalue weighted by Gasteiger charge is -2.18. The topological polar surface area (TPSA) is 12.0 Å². The van der Waals surface area contributed by atoms with Crippen LogP contribution in [0.3, 0.4) is 0 Å². The number of rotatable bonds is 5. The molecule has 1 unspecified atom stereocenters. The molecule has 1 N–H and O–H groups in total. The Morgan fingerprint density at radius 3 is 2.56 bits per heavy atom. The quantitative estimate of drug-likeness (QED) is 0.700. The van der Waals surface area contributed by atoms with Crippen molar-refractivity contribution in [1.82, 2.24) is 5.32 Å². The van der Waals surface area contributed by atoms with Gasteiger partial charge in [0.25, 0.3) is 0 Å². The second kappa shape index (κ2) is 6.89. The van der Waals surface area contributed by atoms with Crippen LogP contribution in [0.4, 0.5) is 0 Å². The molecule has 1 heterocycles. The lowest BCUT2D eigenvalue weighted by molar-refractivity contribution is 0.606. The van der Waals surface area contributed by atoms with Crippen LogP contribution in [0.15, 0.2) is 35.7 Å². The van der Waals surface area contributed by atoms with Crippen LogP contribution in [0, 0.1) is 3.57 Å². The average molecular weight is 392 g/mol. The zero-order chi connectivity index (χ0) is 13.0. The van der Waals surface area contributed by atoms with E-state index in [-0.39, 0.29) is 6.04 Å². The van der Waals surface area contributed by atoms with Crippen molar-refractivity contribution >= 4 is 45.5 Å². The minimum Gasteiger partial charge on any atom is -0.306 e. The molecular weight excluding hydrogens is 377 g/mol. The van der Waals surface area contributed by atoms with Crippen LogP contribution in [0.2, 0.25) is 5.02 Å². The molecule has 0 aliphatic rings. The standard InChI is InChI=1S/C14H15ClINS/c1-2-8-17-13(14-12(15)7-9-18-14)10-3-5-11(16)6-4-10/h3-7,9,13,17H,2,8H2,1H3. The van der Waals surface area contributed by atoms with Crippen molar-refractivity contribution in [2.24, 2.45) is 0 Å². The highest BCUT2D eigenvalue weighted by molar-refractivity contribution is 14.1. The van der Waals surface area contributed by atoms with E-state index in [1.165, 1.54) is 14.0 Å². The van der Waals surface area contributed by atoms with E-state index in [4.69, 9.17) is 11.6 Å². The summed E-state index contributed by atoms with van der Waals surface area (Å²) in [4.78, 5) is 1.20. The van der Waals surface area contributed by atoms with Gasteiger partial charge >= 0.3 is 0 Å². The highest BCUT2D eigenvalue weighted by atomic mass is 127. The zero-order valence-electron chi connectivity index (χ0n) is 10.1. The molecular formula is C14H15ClINS. The highest BCUT2D eigenvalue weighted by Crippen LogP contribution is 2.33. The highest BCUT2D eigenvalue weighted by Gasteiger charge is 2.17. The second-order valence-electron chi connectivity index (χ2n) is 4.07. The van der Waals surface area contributed by atoms with Gasteiger partial charge in [0.15, 0.2) is 0 Å². The maximum Gasteiger partial charge on any atom is 0.0686 e. The molecule has 1 aromatic heterocycles. The van der Waals surface area contributed by atoms with E-state index in [0.29, 0.717) is 0 Å². The van der Waals surface area contributed by atoms with E-state index < -0.39 is 0 Å². The average Bonchev–Trinajstić information content (AvgIpc) is 2.78. The summed E-state index contributed by atoms with van der Waals surface area (Å²) < 4.78 is 1.25. The van der Waals surface area contributed by atoms with Crippen molar-refractivity contribution < 1.29 is 0 Å². The van der Waals surface area contributed by atoms with Gasteiger partial charge in [-0.25, -0.2) is 0 Å². The first-order valence-electron chi connectivity index (χ1n) is 5.94. The van der Waals surface area contributed by atoms with Gasteiger partial charge in [-0.15, -0.1) is 11.3 Å².